The van der Waals surface area contributed by atoms with Crippen molar-refractivity contribution < 1.29 is 17.9 Å². The molecule has 19 heavy (non-hydrogen) atoms. The molecule has 7 heteroatoms. The van der Waals surface area contributed by atoms with Crippen LogP contribution in [0, 0.1) is 0 Å². The zero-order valence-electron chi connectivity index (χ0n) is 11.2. The maximum Gasteiger partial charge on any atom is 0.223 e. The zero-order chi connectivity index (χ0) is 14.6. The quantitative estimate of drug-likeness (QED) is 0.797. The number of rotatable bonds is 5. The number of carbonyl (C=O) groups is 1. The maximum absolute atomic E-state index is 12.1. The molecule has 0 fully saturated rings. The van der Waals surface area contributed by atoms with E-state index in [1.54, 1.807) is 20.2 Å². The number of hydrogen-bond donors (Lipinski definition) is 1. The van der Waals surface area contributed by atoms with Crippen LogP contribution in [0.5, 0.6) is 5.75 Å². The van der Waals surface area contributed by atoms with Crippen molar-refractivity contribution in [1.82, 2.24) is 4.90 Å². The number of methoxy groups -OCH3 is 1. The summed E-state index contributed by atoms with van der Waals surface area (Å²) in [5, 5.41) is 0. The first kappa shape index (κ1) is 15.3. The van der Waals surface area contributed by atoms with Crippen molar-refractivity contribution in [3.63, 3.8) is 0 Å². The first-order valence-corrected chi connectivity index (χ1v) is 7.29. The van der Waals surface area contributed by atoms with E-state index in [1.807, 2.05) is 0 Å². The van der Waals surface area contributed by atoms with Crippen molar-refractivity contribution >= 4 is 21.4 Å². The molecule has 2 N–H and O–H groups in total. The summed E-state index contributed by atoms with van der Waals surface area (Å²) >= 11 is 0. The van der Waals surface area contributed by atoms with E-state index in [0.717, 1.165) is 0 Å². The number of nitrogen functional groups attached to an aromatic ring is 1. The number of nitrogens with zero attached hydrogens (tertiary/aromatic N) is 1. The molecule has 1 rings (SSSR count). The summed E-state index contributed by atoms with van der Waals surface area (Å²) in [6, 6.07) is 4.42. The van der Waals surface area contributed by atoms with Crippen LogP contribution in [0.15, 0.2) is 23.1 Å². The van der Waals surface area contributed by atoms with E-state index in [9.17, 15) is 13.2 Å². The molecule has 0 saturated carbocycles. The number of sulfone groups is 1. The second-order valence-corrected chi connectivity index (χ2v) is 6.34. The van der Waals surface area contributed by atoms with Crippen LogP contribution in [0.4, 0.5) is 5.69 Å². The van der Waals surface area contributed by atoms with E-state index >= 15 is 0 Å². The smallest absolute Gasteiger partial charge is 0.223 e. The van der Waals surface area contributed by atoms with Crippen molar-refractivity contribution in [1.29, 1.82) is 0 Å². The second-order valence-electron chi connectivity index (χ2n) is 4.26. The standard InChI is InChI=1S/C12H18N2O4S/c1-14(2)12(15)6-7-19(16,17)11-8-9(18-3)4-5-10(11)13/h4-5,8H,6-7,13H2,1-3H3. The summed E-state index contributed by atoms with van der Waals surface area (Å²) in [5.41, 5.74) is 5.82. The molecule has 0 aromatic heterocycles. The predicted octanol–water partition coefficient (Wildman–Crippen LogP) is 0.529. The number of amides is 1. The first-order chi connectivity index (χ1) is 8.77. The number of benzene rings is 1. The summed E-state index contributed by atoms with van der Waals surface area (Å²) in [5.74, 6) is -0.113. The highest BCUT2D eigenvalue weighted by Crippen LogP contribution is 2.25. The van der Waals surface area contributed by atoms with Crippen LogP contribution >= 0.6 is 0 Å². The molecule has 0 radical (unpaired) electrons. The normalized spacial score (nSPS) is 11.1. The highest BCUT2D eigenvalue weighted by Gasteiger charge is 2.20. The molecule has 1 aromatic rings. The van der Waals surface area contributed by atoms with E-state index in [-0.39, 0.29) is 28.7 Å². The van der Waals surface area contributed by atoms with Gasteiger partial charge < -0.3 is 15.4 Å². The Balaban J connectivity index is 2.97. The molecule has 0 atom stereocenters. The molecular weight excluding hydrogens is 268 g/mol. The van der Waals surface area contributed by atoms with Gasteiger partial charge in [-0.05, 0) is 12.1 Å². The van der Waals surface area contributed by atoms with E-state index in [1.165, 1.54) is 24.1 Å². The van der Waals surface area contributed by atoms with Crippen molar-refractivity contribution in [2.45, 2.75) is 11.3 Å². The highest BCUT2D eigenvalue weighted by atomic mass is 32.2. The summed E-state index contributed by atoms with van der Waals surface area (Å²) in [7, 11) is 0.994. The Morgan fingerprint density at radius 3 is 2.53 bits per heavy atom. The maximum atomic E-state index is 12.1. The van der Waals surface area contributed by atoms with Crippen LogP contribution in [0.3, 0.4) is 0 Å². The van der Waals surface area contributed by atoms with Gasteiger partial charge in [-0.2, -0.15) is 0 Å². The lowest BCUT2D eigenvalue weighted by Crippen LogP contribution is -2.24. The lowest BCUT2D eigenvalue weighted by atomic mass is 10.3. The van der Waals surface area contributed by atoms with Gasteiger partial charge in [0.1, 0.15) is 5.75 Å². The Kier molecular flexibility index (Phi) is 4.77. The first-order valence-electron chi connectivity index (χ1n) is 5.64. The molecule has 1 amide bonds. The van der Waals surface area contributed by atoms with Crippen molar-refractivity contribution in [2.75, 3.05) is 32.7 Å². The molecule has 0 spiro atoms. The summed E-state index contributed by atoms with van der Waals surface area (Å²) < 4.78 is 29.3. The third-order valence-corrected chi connectivity index (χ3v) is 4.40. The number of hydrogen-bond acceptors (Lipinski definition) is 5. The highest BCUT2D eigenvalue weighted by molar-refractivity contribution is 7.91. The van der Waals surface area contributed by atoms with Crippen LogP contribution in [-0.4, -0.2) is 46.2 Å². The fourth-order valence-corrected chi connectivity index (χ4v) is 2.85. The van der Waals surface area contributed by atoms with Gasteiger partial charge in [0.25, 0.3) is 0 Å². The third-order valence-electron chi connectivity index (χ3n) is 2.64. The van der Waals surface area contributed by atoms with Gasteiger partial charge in [0, 0.05) is 26.6 Å². The van der Waals surface area contributed by atoms with Gasteiger partial charge in [0.2, 0.25) is 5.91 Å². The Hall–Kier alpha value is -1.76. The topological polar surface area (TPSA) is 89.7 Å². The lowest BCUT2D eigenvalue weighted by Gasteiger charge is -2.12. The average Bonchev–Trinajstić information content (AvgIpc) is 2.36. The number of carbonyl (C=O) groups excluding carboxylic acids is 1. The molecule has 0 aliphatic rings. The van der Waals surface area contributed by atoms with Crippen LogP contribution in [0.25, 0.3) is 0 Å². The van der Waals surface area contributed by atoms with E-state index in [2.05, 4.69) is 0 Å². The number of ether oxygens (including phenoxy) is 1. The molecule has 106 valence electrons. The van der Waals surface area contributed by atoms with Crippen LogP contribution in [0.2, 0.25) is 0 Å². The Morgan fingerprint density at radius 2 is 2.00 bits per heavy atom. The van der Waals surface area contributed by atoms with Gasteiger partial charge in [0.15, 0.2) is 9.84 Å². The number of nitrogens with two attached hydrogens (primary N) is 1. The van der Waals surface area contributed by atoms with Crippen molar-refractivity contribution in [3.05, 3.63) is 18.2 Å². The van der Waals surface area contributed by atoms with E-state index < -0.39 is 9.84 Å². The summed E-state index contributed by atoms with van der Waals surface area (Å²) in [6.07, 6.45) is -0.0774. The molecule has 0 bridgehead atoms. The Bertz CT molecular complexity index is 567. The summed E-state index contributed by atoms with van der Waals surface area (Å²) in [6.45, 7) is 0. The van der Waals surface area contributed by atoms with Crippen LogP contribution in [0.1, 0.15) is 6.42 Å². The Morgan fingerprint density at radius 1 is 1.37 bits per heavy atom. The molecule has 1 aromatic carbocycles. The van der Waals surface area contributed by atoms with Gasteiger partial charge in [-0.15, -0.1) is 0 Å². The molecule has 0 aliphatic carbocycles. The lowest BCUT2D eigenvalue weighted by molar-refractivity contribution is -0.128. The Labute approximate surface area is 113 Å². The zero-order valence-corrected chi connectivity index (χ0v) is 12.0. The van der Waals surface area contributed by atoms with Crippen molar-refractivity contribution in [3.8, 4) is 5.75 Å². The molecule has 0 saturated heterocycles. The van der Waals surface area contributed by atoms with Crippen LogP contribution < -0.4 is 10.5 Å². The molecule has 0 heterocycles. The third kappa shape index (κ3) is 3.85. The fourth-order valence-electron chi connectivity index (χ4n) is 1.47. The van der Waals surface area contributed by atoms with Crippen molar-refractivity contribution in [2.24, 2.45) is 0 Å². The molecule has 0 aliphatic heterocycles. The summed E-state index contributed by atoms with van der Waals surface area (Å²) in [4.78, 5) is 12.8. The predicted molar refractivity (Wildman–Crippen MR) is 72.8 cm³/mol. The van der Waals surface area contributed by atoms with Gasteiger partial charge in [-0.25, -0.2) is 8.42 Å². The minimum Gasteiger partial charge on any atom is -0.497 e. The van der Waals surface area contributed by atoms with E-state index in [0.29, 0.717) is 5.75 Å². The number of anilines is 1. The fraction of sp³-hybridized carbons (Fsp3) is 0.417. The monoisotopic (exact) mass is 286 g/mol. The van der Waals surface area contributed by atoms with Gasteiger partial charge in [-0.3, -0.25) is 4.79 Å². The molecule has 0 unspecified atom stereocenters. The average molecular weight is 286 g/mol. The molecular formula is C12H18N2O4S. The SMILES string of the molecule is COc1ccc(N)c(S(=O)(=O)CCC(=O)N(C)C)c1. The van der Waals surface area contributed by atoms with E-state index in [4.69, 9.17) is 10.5 Å². The van der Waals surface area contributed by atoms with Crippen LogP contribution in [-0.2, 0) is 14.6 Å². The minimum absolute atomic E-state index is 0.00148. The van der Waals surface area contributed by atoms with Gasteiger partial charge in [-0.1, -0.05) is 0 Å². The van der Waals surface area contributed by atoms with Gasteiger partial charge >= 0.3 is 0 Å². The molecule has 6 nitrogen and oxygen atoms in total. The minimum atomic E-state index is -3.60. The largest absolute Gasteiger partial charge is 0.497 e. The second kappa shape index (κ2) is 5.92. The van der Waals surface area contributed by atoms with Gasteiger partial charge in [0.05, 0.1) is 23.4 Å².